The van der Waals surface area contributed by atoms with Gasteiger partial charge in [-0.2, -0.15) is 5.10 Å². The van der Waals surface area contributed by atoms with Crippen LogP contribution in [0.25, 0.3) is 0 Å². The van der Waals surface area contributed by atoms with Crippen molar-refractivity contribution in [2.75, 3.05) is 6.61 Å². The molecule has 5 heteroatoms. The monoisotopic (exact) mass is 266 g/mol. The summed E-state index contributed by atoms with van der Waals surface area (Å²) in [5.41, 5.74) is 0.506. The maximum absolute atomic E-state index is 11.9. The lowest BCUT2D eigenvalue weighted by Crippen LogP contribution is -2.18. The van der Waals surface area contributed by atoms with Crippen molar-refractivity contribution in [3.05, 3.63) is 18.0 Å². The van der Waals surface area contributed by atoms with Gasteiger partial charge >= 0.3 is 5.97 Å². The third kappa shape index (κ3) is 4.06. The molecule has 1 aliphatic rings. The average Bonchev–Trinajstić information content (AvgIpc) is 2.95. The Balaban J connectivity index is 1.81. The zero-order valence-electron chi connectivity index (χ0n) is 11.8. The van der Waals surface area contributed by atoms with Gasteiger partial charge in [0.05, 0.1) is 24.0 Å². The maximum Gasteiger partial charge on any atom is 0.341 e. The van der Waals surface area contributed by atoms with Gasteiger partial charge in [-0.1, -0.05) is 13.8 Å². The summed E-state index contributed by atoms with van der Waals surface area (Å²) in [4.78, 5) is 11.9. The van der Waals surface area contributed by atoms with E-state index in [0.29, 0.717) is 18.1 Å². The Morgan fingerprint density at radius 3 is 3.00 bits per heavy atom. The highest BCUT2D eigenvalue weighted by Gasteiger charge is 2.23. The summed E-state index contributed by atoms with van der Waals surface area (Å²) in [5.74, 6) is 0.176. The van der Waals surface area contributed by atoms with Crippen LogP contribution in [-0.2, 0) is 16.0 Å². The van der Waals surface area contributed by atoms with Gasteiger partial charge < -0.3 is 9.47 Å². The first-order chi connectivity index (χ1) is 9.04. The molecule has 2 atom stereocenters. The normalized spacial score (nSPS) is 22.9. The van der Waals surface area contributed by atoms with E-state index in [4.69, 9.17) is 9.47 Å². The molecule has 2 rings (SSSR count). The van der Waals surface area contributed by atoms with Crippen molar-refractivity contribution in [3.63, 3.8) is 0 Å². The average molecular weight is 266 g/mol. The van der Waals surface area contributed by atoms with E-state index >= 15 is 0 Å². The van der Waals surface area contributed by atoms with Gasteiger partial charge in [0, 0.05) is 12.7 Å². The number of hydrogen-bond acceptors (Lipinski definition) is 4. The van der Waals surface area contributed by atoms with Crippen molar-refractivity contribution < 1.29 is 14.3 Å². The fourth-order valence-corrected chi connectivity index (χ4v) is 2.20. The Morgan fingerprint density at radius 1 is 1.58 bits per heavy atom. The third-order valence-electron chi connectivity index (χ3n) is 3.14. The number of aromatic nitrogens is 2. The van der Waals surface area contributed by atoms with Crippen molar-refractivity contribution in [2.24, 2.45) is 5.92 Å². The molecule has 1 aromatic rings. The summed E-state index contributed by atoms with van der Waals surface area (Å²) in [6, 6.07) is 0. The third-order valence-corrected chi connectivity index (χ3v) is 3.14. The molecule has 1 saturated heterocycles. The fourth-order valence-electron chi connectivity index (χ4n) is 2.20. The molecule has 19 heavy (non-hydrogen) atoms. The Kier molecular flexibility index (Phi) is 4.58. The molecule has 2 heterocycles. The molecule has 5 nitrogen and oxygen atoms in total. The van der Waals surface area contributed by atoms with Crippen molar-refractivity contribution >= 4 is 5.97 Å². The second-order valence-corrected chi connectivity index (χ2v) is 5.59. The van der Waals surface area contributed by atoms with Gasteiger partial charge in [0.25, 0.3) is 0 Å². The highest BCUT2D eigenvalue weighted by atomic mass is 16.6. The number of carbonyl (C=O) groups excluding carboxylic acids is 1. The van der Waals surface area contributed by atoms with Crippen molar-refractivity contribution in [3.8, 4) is 0 Å². The van der Waals surface area contributed by atoms with Crippen LogP contribution in [0.1, 0.15) is 44.0 Å². The van der Waals surface area contributed by atoms with E-state index in [1.165, 1.54) is 0 Å². The predicted molar refractivity (Wildman–Crippen MR) is 70.9 cm³/mol. The summed E-state index contributed by atoms with van der Waals surface area (Å²) in [6.07, 6.45) is 5.61. The minimum Gasteiger partial charge on any atom is -0.459 e. The van der Waals surface area contributed by atoms with Gasteiger partial charge in [0.15, 0.2) is 0 Å². The first-order valence-corrected chi connectivity index (χ1v) is 6.89. The molecule has 0 amide bonds. The van der Waals surface area contributed by atoms with E-state index < -0.39 is 0 Å². The Morgan fingerprint density at radius 2 is 2.37 bits per heavy atom. The Bertz CT molecular complexity index is 428. The summed E-state index contributed by atoms with van der Waals surface area (Å²) in [7, 11) is 0. The standard InChI is InChI=1S/C14H22N2O3/c1-10(2)7-16-8-12(6-15-16)14(17)18-9-13-5-4-11(3)19-13/h6,8,10-11,13H,4-5,7,9H2,1-3H3/t11-,13-/m0/s1. The maximum atomic E-state index is 11.9. The number of ether oxygens (including phenoxy) is 2. The van der Waals surface area contributed by atoms with E-state index in [2.05, 4.69) is 18.9 Å². The number of esters is 1. The van der Waals surface area contributed by atoms with Crippen LogP contribution in [0.2, 0.25) is 0 Å². The molecule has 1 aliphatic heterocycles. The molecule has 0 aliphatic carbocycles. The zero-order chi connectivity index (χ0) is 13.8. The van der Waals surface area contributed by atoms with Crippen LogP contribution in [0.5, 0.6) is 0 Å². The second kappa shape index (κ2) is 6.19. The van der Waals surface area contributed by atoms with Crippen LogP contribution in [0, 0.1) is 5.92 Å². The molecule has 0 aromatic carbocycles. The molecule has 0 saturated carbocycles. The van der Waals surface area contributed by atoms with E-state index in [9.17, 15) is 4.79 Å². The molecule has 0 spiro atoms. The molecule has 0 bridgehead atoms. The molecular formula is C14H22N2O3. The van der Waals surface area contributed by atoms with E-state index in [1.54, 1.807) is 17.1 Å². The van der Waals surface area contributed by atoms with Crippen LogP contribution in [0.3, 0.4) is 0 Å². The minimum atomic E-state index is -0.321. The first kappa shape index (κ1) is 14.1. The first-order valence-electron chi connectivity index (χ1n) is 6.89. The molecule has 0 N–H and O–H groups in total. The van der Waals surface area contributed by atoms with Gasteiger partial charge in [-0.15, -0.1) is 0 Å². The largest absolute Gasteiger partial charge is 0.459 e. The van der Waals surface area contributed by atoms with Gasteiger partial charge in [0.2, 0.25) is 0 Å². The van der Waals surface area contributed by atoms with Crippen molar-refractivity contribution in [1.82, 2.24) is 9.78 Å². The highest BCUT2D eigenvalue weighted by molar-refractivity contribution is 5.88. The second-order valence-electron chi connectivity index (χ2n) is 5.59. The lowest BCUT2D eigenvalue weighted by molar-refractivity contribution is -0.00266. The molecule has 0 unspecified atom stereocenters. The molecule has 0 radical (unpaired) electrons. The van der Waals surface area contributed by atoms with Crippen molar-refractivity contribution in [2.45, 2.75) is 52.4 Å². The van der Waals surface area contributed by atoms with Gasteiger partial charge in [-0.3, -0.25) is 4.68 Å². The summed E-state index contributed by atoms with van der Waals surface area (Å²) < 4.78 is 12.6. The molecular weight excluding hydrogens is 244 g/mol. The van der Waals surface area contributed by atoms with E-state index in [-0.39, 0.29) is 18.2 Å². The number of rotatable bonds is 5. The van der Waals surface area contributed by atoms with E-state index in [0.717, 1.165) is 19.4 Å². The molecule has 106 valence electrons. The minimum absolute atomic E-state index is 0.0460. The van der Waals surface area contributed by atoms with Crippen molar-refractivity contribution in [1.29, 1.82) is 0 Å². The Labute approximate surface area is 113 Å². The number of hydrogen-bond donors (Lipinski definition) is 0. The SMILES string of the molecule is CC(C)Cn1cc(C(=O)OC[C@@H]2CC[C@H](C)O2)cn1. The quantitative estimate of drug-likeness (QED) is 0.767. The van der Waals surface area contributed by atoms with E-state index in [1.807, 2.05) is 6.92 Å². The summed E-state index contributed by atoms with van der Waals surface area (Å²) >= 11 is 0. The lowest BCUT2D eigenvalue weighted by Gasteiger charge is -2.10. The van der Waals surface area contributed by atoms with Crippen LogP contribution < -0.4 is 0 Å². The summed E-state index contributed by atoms with van der Waals surface area (Å²) in [5, 5.41) is 4.15. The van der Waals surface area contributed by atoms with Gasteiger partial charge in [-0.05, 0) is 25.7 Å². The Hall–Kier alpha value is -1.36. The van der Waals surface area contributed by atoms with Gasteiger partial charge in [-0.25, -0.2) is 4.79 Å². The highest BCUT2D eigenvalue weighted by Crippen LogP contribution is 2.19. The molecule has 1 aromatic heterocycles. The van der Waals surface area contributed by atoms with Crippen LogP contribution in [-0.4, -0.2) is 34.6 Å². The molecule has 1 fully saturated rings. The van der Waals surface area contributed by atoms with Crippen LogP contribution in [0.4, 0.5) is 0 Å². The fraction of sp³-hybridized carbons (Fsp3) is 0.714. The van der Waals surface area contributed by atoms with Crippen LogP contribution >= 0.6 is 0 Å². The summed E-state index contributed by atoms with van der Waals surface area (Å²) in [6.45, 7) is 7.39. The topological polar surface area (TPSA) is 53.4 Å². The number of nitrogens with zero attached hydrogens (tertiary/aromatic N) is 2. The van der Waals surface area contributed by atoms with Crippen LogP contribution in [0.15, 0.2) is 12.4 Å². The smallest absolute Gasteiger partial charge is 0.341 e. The van der Waals surface area contributed by atoms with Gasteiger partial charge in [0.1, 0.15) is 6.61 Å². The number of carbonyl (C=O) groups is 1. The zero-order valence-corrected chi connectivity index (χ0v) is 11.8. The lowest BCUT2D eigenvalue weighted by atomic mass is 10.2. The predicted octanol–water partition coefficient (Wildman–Crippen LogP) is 2.26.